The number of amides is 1. The van der Waals surface area contributed by atoms with Gasteiger partial charge in [-0.15, -0.1) is 11.3 Å². The number of carbonyl (C=O) groups excluding carboxylic acids is 1. The topological polar surface area (TPSA) is 58.4 Å². The molecule has 2 aromatic heterocycles. The van der Waals surface area contributed by atoms with E-state index < -0.39 is 0 Å². The highest BCUT2D eigenvalue weighted by molar-refractivity contribution is 7.20. The van der Waals surface area contributed by atoms with Crippen LogP contribution in [0.2, 0.25) is 0 Å². The molecule has 1 saturated carbocycles. The second kappa shape index (κ2) is 5.77. The highest BCUT2D eigenvalue weighted by Gasteiger charge is 2.33. The summed E-state index contributed by atoms with van der Waals surface area (Å²) in [6.45, 7) is 2.92. The van der Waals surface area contributed by atoms with E-state index in [1.807, 2.05) is 29.6 Å². The van der Waals surface area contributed by atoms with Crippen molar-refractivity contribution in [3.63, 3.8) is 0 Å². The molecule has 1 aliphatic rings. The van der Waals surface area contributed by atoms with E-state index in [1.54, 1.807) is 0 Å². The van der Waals surface area contributed by atoms with Crippen LogP contribution in [0.1, 0.15) is 41.0 Å². The second-order valence-electron chi connectivity index (χ2n) is 5.70. The lowest BCUT2D eigenvalue weighted by molar-refractivity contribution is 0.0742. The fraction of sp³-hybridized carbons (Fsp3) is 0.600. The normalized spacial score (nSPS) is 14.8. The van der Waals surface area contributed by atoms with Gasteiger partial charge >= 0.3 is 0 Å². The lowest BCUT2D eigenvalue weighted by atomic mass is 10.2. The molecule has 6 heteroatoms. The van der Waals surface area contributed by atoms with E-state index in [9.17, 15) is 4.79 Å². The lowest BCUT2D eigenvalue weighted by Gasteiger charge is -2.21. The number of carbonyl (C=O) groups is 1. The van der Waals surface area contributed by atoms with Crippen molar-refractivity contribution in [1.82, 2.24) is 14.7 Å². The number of rotatable bonds is 6. The molecular formula is C15H21N3O2S. The minimum Gasteiger partial charge on any atom is -0.396 e. The summed E-state index contributed by atoms with van der Waals surface area (Å²) in [5.41, 5.74) is 0.973. The zero-order valence-electron chi connectivity index (χ0n) is 12.5. The van der Waals surface area contributed by atoms with Crippen LogP contribution < -0.4 is 0 Å². The number of unbranched alkanes of at least 4 members (excludes halogenated alkanes) is 1. The first-order valence-electron chi connectivity index (χ1n) is 7.46. The largest absolute Gasteiger partial charge is 0.396 e. The summed E-state index contributed by atoms with van der Waals surface area (Å²) in [4.78, 5) is 16.6. The molecule has 2 heterocycles. The van der Waals surface area contributed by atoms with Crippen LogP contribution in [-0.4, -0.2) is 44.9 Å². The molecule has 0 saturated heterocycles. The molecule has 0 atom stereocenters. The molecule has 0 radical (unpaired) electrons. The van der Waals surface area contributed by atoms with Crippen LogP contribution in [0, 0.1) is 6.92 Å². The number of nitrogens with zero attached hydrogens (tertiary/aromatic N) is 3. The highest BCUT2D eigenvalue weighted by atomic mass is 32.1. The van der Waals surface area contributed by atoms with Crippen molar-refractivity contribution < 1.29 is 9.90 Å². The Kier molecular flexibility index (Phi) is 3.99. The Balaban J connectivity index is 1.81. The van der Waals surface area contributed by atoms with Crippen molar-refractivity contribution in [1.29, 1.82) is 0 Å². The zero-order valence-corrected chi connectivity index (χ0v) is 13.3. The first-order chi connectivity index (χ1) is 10.1. The number of aliphatic hydroxyl groups is 1. The number of thiophene rings is 1. The van der Waals surface area contributed by atoms with Gasteiger partial charge in [-0.25, -0.2) is 0 Å². The summed E-state index contributed by atoms with van der Waals surface area (Å²) in [6, 6.07) is 2.38. The van der Waals surface area contributed by atoms with Gasteiger partial charge < -0.3 is 10.0 Å². The fourth-order valence-corrected chi connectivity index (χ4v) is 3.76. The highest BCUT2D eigenvalue weighted by Crippen LogP contribution is 2.33. The van der Waals surface area contributed by atoms with Crippen molar-refractivity contribution >= 4 is 27.5 Å². The van der Waals surface area contributed by atoms with E-state index in [1.165, 1.54) is 11.3 Å². The third-order valence-corrected chi connectivity index (χ3v) is 5.15. The molecule has 1 fully saturated rings. The van der Waals surface area contributed by atoms with Crippen molar-refractivity contribution in [3.8, 4) is 0 Å². The Hall–Kier alpha value is -1.40. The Labute approximate surface area is 128 Å². The summed E-state index contributed by atoms with van der Waals surface area (Å²) in [6.07, 6.45) is 3.84. The van der Waals surface area contributed by atoms with E-state index in [2.05, 4.69) is 5.10 Å². The van der Waals surface area contributed by atoms with Crippen LogP contribution in [0.5, 0.6) is 0 Å². The van der Waals surface area contributed by atoms with Crippen LogP contribution >= 0.6 is 11.3 Å². The van der Waals surface area contributed by atoms with Gasteiger partial charge in [0, 0.05) is 31.6 Å². The van der Waals surface area contributed by atoms with Crippen LogP contribution in [0.4, 0.5) is 0 Å². The van der Waals surface area contributed by atoms with Gasteiger partial charge in [-0.2, -0.15) is 5.10 Å². The molecule has 0 aromatic carbocycles. The molecule has 114 valence electrons. The summed E-state index contributed by atoms with van der Waals surface area (Å²) < 4.78 is 1.85. The van der Waals surface area contributed by atoms with E-state index in [-0.39, 0.29) is 12.5 Å². The molecule has 5 nitrogen and oxygen atoms in total. The maximum atomic E-state index is 12.8. The van der Waals surface area contributed by atoms with Crippen LogP contribution in [0.15, 0.2) is 6.07 Å². The number of hydrogen-bond acceptors (Lipinski definition) is 4. The van der Waals surface area contributed by atoms with Gasteiger partial charge in [0.25, 0.3) is 5.91 Å². The first-order valence-corrected chi connectivity index (χ1v) is 8.28. The molecule has 1 N–H and O–H groups in total. The molecule has 2 aromatic rings. The standard InChI is InChI=1S/C15H21N3O2S/c1-10-12-9-13(21-15(12)17(2)16-10)14(20)18(11-5-6-11)7-3-4-8-19/h9,11,19H,3-8H2,1-2H3. The molecule has 1 amide bonds. The second-order valence-corrected chi connectivity index (χ2v) is 6.73. The van der Waals surface area contributed by atoms with E-state index in [4.69, 9.17) is 5.11 Å². The lowest BCUT2D eigenvalue weighted by Crippen LogP contribution is -2.33. The van der Waals surface area contributed by atoms with Gasteiger partial charge in [0.2, 0.25) is 0 Å². The smallest absolute Gasteiger partial charge is 0.264 e. The molecule has 21 heavy (non-hydrogen) atoms. The molecule has 0 bridgehead atoms. The quantitative estimate of drug-likeness (QED) is 0.833. The van der Waals surface area contributed by atoms with Gasteiger partial charge in [0.05, 0.1) is 10.6 Å². The van der Waals surface area contributed by atoms with Gasteiger partial charge in [0.15, 0.2) is 0 Å². The van der Waals surface area contributed by atoms with Gasteiger partial charge in [0.1, 0.15) is 4.83 Å². The van der Waals surface area contributed by atoms with Crippen LogP contribution in [-0.2, 0) is 7.05 Å². The van der Waals surface area contributed by atoms with E-state index in [0.29, 0.717) is 6.04 Å². The summed E-state index contributed by atoms with van der Waals surface area (Å²) in [5.74, 6) is 0.135. The predicted octanol–water partition coefficient (Wildman–Crippen LogP) is 2.32. The molecule has 0 aliphatic heterocycles. The molecule has 3 rings (SSSR count). The average Bonchev–Trinajstić information content (AvgIpc) is 3.12. The maximum Gasteiger partial charge on any atom is 0.264 e. The summed E-state index contributed by atoms with van der Waals surface area (Å²) >= 11 is 1.53. The zero-order chi connectivity index (χ0) is 15.0. The Morgan fingerprint density at radius 1 is 1.52 bits per heavy atom. The third kappa shape index (κ3) is 2.82. The first kappa shape index (κ1) is 14.5. The fourth-order valence-electron chi connectivity index (χ4n) is 2.68. The van der Waals surface area contributed by atoms with Crippen LogP contribution in [0.25, 0.3) is 10.2 Å². The Bertz CT molecular complexity index is 623. The van der Waals surface area contributed by atoms with Gasteiger partial charge in [-0.1, -0.05) is 0 Å². The number of aryl methyl sites for hydroxylation is 2. The third-order valence-electron chi connectivity index (χ3n) is 3.96. The van der Waals surface area contributed by atoms with Crippen molar-refractivity contribution in [3.05, 3.63) is 16.6 Å². The molecule has 0 spiro atoms. The van der Waals surface area contributed by atoms with Crippen molar-refractivity contribution in [2.24, 2.45) is 7.05 Å². The predicted molar refractivity (Wildman–Crippen MR) is 83.7 cm³/mol. The Morgan fingerprint density at radius 3 is 2.90 bits per heavy atom. The van der Waals surface area contributed by atoms with Crippen LogP contribution in [0.3, 0.4) is 0 Å². The SMILES string of the molecule is Cc1nn(C)c2sc(C(=O)N(CCCCO)C3CC3)cc12. The number of aromatic nitrogens is 2. The number of aliphatic hydroxyl groups excluding tert-OH is 1. The van der Waals surface area contributed by atoms with Crippen molar-refractivity contribution in [2.75, 3.05) is 13.2 Å². The van der Waals surface area contributed by atoms with Gasteiger partial charge in [-0.05, 0) is 38.7 Å². The average molecular weight is 307 g/mol. The number of fused-ring (bicyclic) bond motifs is 1. The van der Waals surface area contributed by atoms with E-state index >= 15 is 0 Å². The minimum atomic E-state index is 0.135. The summed E-state index contributed by atoms with van der Waals surface area (Å²) in [7, 11) is 1.92. The van der Waals surface area contributed by atoms with E-state index in [0.717, 1.165) is 53.0 Å². The molecule has 1 aliphatic carbocycles. The number of hydrogen-bond donors (Lipinski definition) is 1. The monoisotopic (exact) mass is 307 g/mol. The van der Waals surface area contributed by atoms with Crippen molar-refractivity contribution in [2.45, 2.75) is 38.6 Å². The molecule has 0 unspecified atom stereocenters. The Morgan fingerprint density at radius 2 is 2.29 bits per heavy atom. The minimum absolute atomic E-state index is 0.135. The maximum absolute atomic E-state index is 12.8. The molecular weight excluding hydrogens is 286 g/mol. The summed E-state index contributed by atoms with van der Waals surface area (Å²) in [5, 5.41) is 14.4. The van der Waals surface area contributed by atoms with Gasteiger partial charge in [-0.3, -0.25) is 9.48 Å².